The van der Waals surface area contributed by atoms with E-state index >= 15 is 0 Å². The second-order valence-electron chi connectivity index (χ2n) is 2.46. The van der Waals surface area contributed by atoms with Crippen molar-refractivity contribution >= 4 is 11.7 Å². The molecule has 13 heavy (non-hydrogen) atoms. The van der Waals surface area contributed by atoms with Crippen LogP contribution in [0.25, 0.3) is 0 Å². The molecule has 0 saturated carbocycles. The van der Waals surface area contributed by atoms with Crippen LogP contribution in [0.4, 0.5) is 14.9 Å². The molecule has 0 atom stereocenters. The third kappa shape index (κ3) is 2.74. The van der Waals surface area contributed by atoms with Crippen LogP contribution in [0.1, 0.15) is 6.92 Å². The third-order valence-corrected chi connectivity index (χ3v) is 1.46. The predicted molar refractivity (Wildman–Crippen MR) is 49.1 cm³/mol. The minimum absolute atomic E-state index is 0.188. The number of anilines is 1. The van der Waals surface area contributed by atoms with Crippen LogP contribution < -0.4 is 10.6 Å². The van der Waals surface area contributed by atoms with E-state index in [-0.39, 0.29) is 5.69 Å². The summed E-state index contributed by atoms with van der Waals surface area (Å²) in [6, 6.07) is 5.63. The molecule has 0 bridgehead atoms. The zero-order chi connectivity index (χ0) is 9.68. The zero-order valence-corrected chi connectivity index (χ0v) is 7.30. The smallest absolute Gasteiger partial charge is 0.319 e. The number of benzene rings is 1. The van der Waals surface area contributed by atoms with Gasteiger partial charge >= 0.3 is 6.03 Å². The van der Waals surface area contributed by atoms with Gasteiger partial charge in [-0.1, -0.05) is 12.1 Å². The molecule has 1 aromatic carbocycles. The topological polar surface area (TPSA) is 41.1 Å². The molecule has 4 heteroatoms. The summed E-state index contributed by atoms with van der Waals surface area (Å²) in [5.41, 5.74) is 0.188. The highest BCUT2D eigenvalue weighted by molar-refractivity contribution is 5.89. The highest BCUT2D eigenvalue weighted by Crippen LogP contribution is 2.11. The molecule has 2 amide bonds. The van der Waals surface area contributed by atoms with Gasteiger partial charge in [0.2, 0.25) is 0 Å². The lowest BCUT2D eigenvalue weighted by Crippen LogP contribution is -2.28. The Morgan fingerprint density at radius 2 is 2.15 bits per heavy atom. The molecular formula is C9H11FN2O. The van der Waals surface area contributed by atoms with Crippen molar-refractivity contribution in [2.24, 2.45) is 0 Å². The molecule has 2 N–H and O–H groups in total. The molecule has 0 heterocycles. The van der Waals surface area contributed by atoms with E-state index < -0.39 is 11.8 Å². The summed E-state index contributed by atoms with van der Waals surface area (Å²) in [5.74, 6) is -0.436. The molecule has 3 nitrogen and oxygen atoms in total. The fourth-order valence-corrected chi connectivity index (χ4v) is 0.890. The summed E-state index contributed by atoms with van der Waals surface area (Å²) in [5, 5.41) is 4.89. The average molecular weight is 182 g/mol. The highest BCUT2D eigenvalue weighted by Gasteiger charge is 2.03. The Kier molecular flexibility index (Phi) is 3.25. The van der Waals surface area contributed by atoms with Gasteiger partial charge in [0.25, 0.3) is 0 Å². The van der Waals surface area contributed by atoms with Crippen LogP contribution in [0.2, 0.25) is 0 Å². The Morgan fingerprint density at radius 1 is 1.46 bits per heavy atom. The van der Waals surface area contributed by atoms with Gasteiger partial charge in [-0.3, -0.25) is 0 Å². The van der Waals surface area contributed by atoms with Crippen LogP contribution in [-0.4, -0.2) is 12.6 Å². The van der Waals surface area contributed by atoms with Crippen LogP contribution in [0.3, 0.4) is 0 Å². The molecule has 0 aliphatic heterocycles. The van der Waals surface area contributed by atoms with Crippen LogP contribution in [-0.2, 0) is 0 Å². The number of carbonyl (C=O) groups is 1. The lowest BCUT2D eigenvalue weighted by atomic mass is 10.3. The van der Waals surface area contributed by atoms with Gasteiger partial charge in [0.1, 0.15) is 5.82 Å². The van der Waals surface area contributed by atoms with Gasteiger partial charge in [-0.2, -0.15) is 0 Å². The van der Waals surface area contributed by atoms with Gasteiger partial charge in [-0.25, -0.2) is 9.18 Å². The molecule has 1 aromatic rings. The predicted octanol–water partition coefficient (Wildman–Crippen LogP) is 1.97. The maximum atomic E-state index is 12.9. The van der Waals surface area contributed by atoms with E-state index in [1.165, 1.54) is 12.1 Å². The Hall–Kier alpha value is -1.58. The molecule has 0 aromatic heterocycles. The summed E-state index contributed by atoms with van der Waals surface area (Å²) in [7, 11) is 0. The maximum absolute atomic E-state index is 12.9. The minimum atomic E-state index is -0.436. The summed E-state index contributed by atoms with van der Waals surface area (Å²) < 4.78 is 12.9. The van der Waals surface area contributed by atoms with Crippen LogP contribution in [0.5, 0.6) is 0 Å². The lowest BCUT2D eigenvalue weighted by molar-refractivity contribution is 0.252. The fourth-order valence-electron chi connectivity index (χ4n) is 0.890. The summed E-state index contributed by atoms with van der Waals surface area (Å²) in [6.45, 7) is 2.31. The van der Waals surface area contributed by atoms with Crippen molar-refractivity contribution in [3.63, 3.8) is 0 Å². The van der Waals surface area contributed by atoms with E-state index in [0.717, 1.165) is 0 Å². The number of nitrogens with one attached hydrogen (secondary N) is 2. The molecule has 0 unspecified atom stereocenters. The molecule has 0 aliphatic rings. The summed E-state index contributed by atoms with van der Waals surface area (Å²) in [4.78, 5) is 11.0. The van der Waals surface area contributed by atoms with E-state index in [1.54, 1.807) is 19.1 Å². The number of halogens is 1. The van der Waals surface area contributed by atoms with Gasteiger partial charge in [0.15, 0.2) is 0 Å². The van der Waals surface area contributed by atoms with Crippen LogP contribution in [0.15, 0.2) is 24.3 Å². The molecule has 0 aliphatic carbocycles. The normalized spacial score (nSPS) is 9.38. The molecule has 0 fully saturated rings. The fraction of sp³-hybridized carbons (Fsp3) is 0.222. The Balaban J connectivity index is 2.63. The van der Waals surface area contributed by atoms with Gasteiger partial charge < -0.3 is 10.6 Å². The van der Waals surface area contributed by atoms with Gasteiger partial charge in [-0.05, 0) is 19.1 Å². The number of urea groups is 1. The van der Waals surface area contributed by atoms with E-state index in [4.69, 9.17) is 0 Å². The van der Waals surface area contributed by atoms with Gasteiger partial charge in [0, 0.05) is 6.54 Å². The highest BCUT2D eigenvalue weighted by atomic mass is 19.1. The first-order valence-electron chi connectivity index (χ1n) is 4.03. The summed E-state index contributed by atoms with van der Waals surface area (Å²) in [6.07, 6.45) is 0. The first kappa shape index (κ1) is 9.51. The minimum Gasteiger partial charge on any atom is -0.338 e. The van der Waals surface area contributed by atoms with Crippen molar-refractivity contribution in [1.29, 1.82) is 0 Å². The van der Waals surface area contributed by atoms with E-state index in [2.05, 4.69) is 10.6 Å². The van der Waals surface area contributed by atoms with Crippen molar-refractivity contribution in [2.45, 2.75) is 6.92 Å². The number of rotatable bonds is 2. The van der Waals surface area contributed by atoms with Gasteiger partial charge in [0.05, 0.1) is 5.69 Å². The van der Waals surface area contributed by atoms with Crippen LogP contribution >= 0.6 is 0 Å². The Labute approximate surface area is 76.0 Å². The molecular weight excluding hydrogens is 171 g/mol. The number of carbonyl (C=O) groups excluding carboxylic acids is 1. The molecule has 0 spiro atoms. The number of hydrogen-bond acceptors (Lipinski definition) is 1. The third-order valence-electron chi connectivity index (χ3n) is 1.46. The van der Waals surface area contributed by atoms with Gasteiger partial charge in [-0.15, -0.1) is 0 Å². The van der Waals surface area contributed by atoms with Crippen molar-refractivity contribution in [2.75, 3.05) is 11.9 Å². The number of para-hydroxylation sites is 1. The van der Waals surface area contributed by atoms with E-state index in [1.807, 2.05) is 0 Å². The number of hydrogen-bond donors (Lipinski definition) is 2. The first-order valence-corrected chi connectivity index (χ1v) is 4.03. The SMILES string of the molecule is CCNC(=O)Nc1ccccc1F. The second-order valence-corrected chi connectivity index (χ2v) is 2.46. The largest absolute Gasteiger partial charge is 0.338 e. The molecule has 0 saturated heterocycles. The Morgan fingerprint density at radius 3 is 2.77 bits per heavy atom. The van der Waals surface area contributed by atoms with Crippen molar-refractivity contribution in [1.82, 2.24) is 5.32 Å². The van der Waals surface area contributed by atoms with E-state index in [0.29, 0.717) is 6.54 Å². The monoisotopic (exact) mass is 182 g/mol. The number of amides is 2. The van der Waals surface area contributed by atoms with E-state index in [9.17, 15) is 9.18 Å². The molecule has 1 rings (SSSR count). The average Bonchev–Trinajstić information content (AvgIpc) is 2.09. The maximum Gasteiger partial charge on any atom is 0.319 e. The molecule has 70 valence electrons. The van der Waals surface area contributed by atoms with Crippen molar-refractivity contribution in [3.8, 4) is 0 Å². The van der Waals surface area contributed by atoms with Crippen LogP contribution in [0, 0.1) is 5.82 Å². The Bertz CT molecular complexity index is 301. The quantitative estimate of drug-likeness (QED) is 0.721. The van der Waals surface area contributed by atoms with Crippen molar-refractivity contribution < 1.29 is 9.18 Å². The lowest BCUT2D eigenvalue weighted by Gasteiger charge is -2.05. The molecule has 0 radical (unpaired) electrons. The standard InChI is InChI=1S/C9H11FN2O/c1-2-11-9(13)12-8-6-4-3-5-7(8)10/h3-6H,2H2,1H3,(H2,11,12,13). The summed E-state index contributed by atoms with van der Waals surface area (Å²) >= 11 is 0. The first-order chi connectivity index (χ1) is 6.24. The second kappa shape index (κ2) is 4.45. The zero-order valence-electron chi connectivity index (χ0n) is 7.30. The van der Waals surface area contributed by atoms with Crippen molar-refractivity contribution in [3.05, 3.63) is 30.1 Å².